The third-order valence-electron chi connectivity index (χ3n) is 2.76. The van der Waals surface area contributed by atoms with Crippen LogP contribution < -0.4 is 0 Å². The van der Waals surface area contributed by atoms with Crippen molar-refractivity contribution in [1.82, 2.24) is 5.06 Å². The first-order valence-corrected chi connectivity index (χ1v) is 6.42. The Balaban J connectivity index is 2.70. The van der Waals surface area contributed by atoms with Crippen LogP contribution in [-0.2, 0) is 33.4 Å². The van der Waals surface area contributed by atoms with E-state index in [0.29, 0.717) is 0 Å². The second-order valence-corrected chi connectivity index (χ2v) is 5.66. The minimum atomic E-state index is -1.64. The van der Waals surface area contributed by atoms with Crippen LogP contribution in [0.15, 0.2) is 0 Å². The predicted octanol–water partition coefficient (Wildman–Crippen LogP) is 0.0486. The molecule has 2 atom stereocenters. The van der Waals surface area contributed by atoms with Crippen molar-refractivity contribution in [1.29, 1.82) is 0 Å². The molecule has 1 aliphatic heterocycles. The molecule has 8 heteroatoms. The van der Waals surface area contributed by atoms with Crippen molar-refractivity contribution in [3.05, 3.63) is 0 Å². The summed E-state index contributed by atoms with van der Waals surface area (Å²) >= 11 is 0. The molecule has 1 fully saturated rings. The van der Waals surface area contributed by atoms with Gasteiger partial charge in [-0.25, -0.2) is 14.4 Å². The van der Waals surface area contributed by atoms with Crippen LogP contribution in [0.5, 0.6) is 0 Å². The van der Waals surface area contributed by atoms with Gasteiger partial charge in [0.2, 0.25) is 0 Å². The Morgan fingerprint density at radius 3 is 1.95 bits per heavy atom. The first kappa shape index (κ1) is 17.4. The fourth-order valence-electron chi connectivity index (χ4n) is 1.67. The summed E-state index contributed by atoms with van der Waals surface area (Å²) in [5.74, 6) is -2.20. The third-order valence-corrected chi connectivity index (χ3v) is 2.76. The van der Waals surface area contributed by atoms with E-state index in [2.05, 4.69) is 9.47 Å². The number of hydroxylamine groups is 2. The molecule has 0 aromatic heterocycles. The third kappa shape index (κ3) is 3.70. The number of rotatable bonds is 5. The van der Waals surface area contributed by atoms with Gasteiger partial charge in [-0.1, -0.05) is 0 Å². The second kappa shape index (κ2) is 5.98. The molecular formula is C13H21NO7. The highest BCUT2D eigenvalue weighted by Gasteiger charge is 2.69. The van der Waals surface area contributed by atoms with Crippen molar-refractivity contribution in [2.75, 3.05) is 20.8 Å². The maximum atomic E-state index is 11.8. The number of ether oxygens (including phenoxy) is 3. The van der Waals surface area contributed by atoms with Crippen molar-refractivity contribution >= 4 is 17.9 Å². The van der Waals surface area contributed by atoms with Gasteiger partial charge in [0.05, 0.1) is 20.8 Å². The smallest absolute Gasteiger partial charge is 0.341 e. The van der Waals surface area contributed by atoms with E-state index in [1.807, 2.05) is 0 Å². The van der Waals surface area contributed by atoms with Gasteiger partial charge in [-0.3, -0.25) is 4.84 Å². The average Bonchev–Trinajstić information content (AvgIpc) is 3.10. The molecular weight excluding hydrogens is 282 g/mol. The van der Waals surface area contributed by atoms with Gasteiger partial charge < -0.3 is 14.2 Å². The molecule has 1 heterocycles. The SMILES string of the molecule is COC(=O)C1(C(=O)OC)CN1O[C@H](C)C(=O)OC(C)(C)C. The topological polar surface area (TPSA) is 91.1 Å². The lowest BCUT2D eigenvalue weighted by molar-refractivity contribution is -0.198. The van der Waals surface area contributed by atoms with Gasteiger partial charge in [0.1, 0.15) is 5.60 Å². The molecule has 0 amide bonds. The highest BCUT2D eigenvalue weighted by atomic mass is 16.7. The Bertz CT molecular complexity index is 424. The van der Waals surface area contributed by atoms with Crippen LogP contribution in [0.25, 0.3) is 0 Å². The molecule has 120 valence electrons. The maximum Gasteiger partial charge on any atom is 0.341 e. The summed E-state index contributed by atoms with van der Waals surface area (Å²) in [6.45, 7) is 6.60. The summed E-state index contributed by atoms with van der Waals surface area (Å²) < 4.78 is 14.3. The fraction of sp³-hybridized carbons (Fsp3) is 0.769. The molecule has 0 aliphatic carbocycles. The van der Waals surface area contributed by atoms with Crippen LogP contribution in [-0.4, -0.2) is 61.0 Å². The standard InChI is InChI=1S/C13H21NO7/c1-8(9(15)20-12(2,3)4)21-14-7-13(14,10(16)18-5)11(17)19-6/h8H,7H2,1-6H3/t8-,14?/m1/s1. The number of hydrogen-bond acceptors (Lipinski definition) is 8. The summed E-state index contributed by atoms with van der Waals surface area (Å²) in [5.41, 5.74) is -2.30. The number of methoxy groups -OCH3 is 2. The zero-order chi connectivity index (χ0) is 16.4. The molecule has 0 saturated carbocycles. The van der Waals surface area contributed by atoms with Crippen molar-refractivity contribution in [2.24, 2.45) is 0 Å². The van der Waals surface area contributed by atoms with E-state index >= 15 is 0 Å². The van der Waals surface area contributed by atoms with E-state index in [-0.39, 0.29) is 6.54 Å². The number of nitrogens with zero attached hydrogens (tertiary/aromatic N) is 1. The Hall–Kier alpha value is -1.67. The van der Waals surface area contributed by atoms with Gasteiger partial charge in [0.15, 0.2) is 6.10 Å². The van der Waals surface area contributed by atoms with Gasteiger partial charge in [0.25, 0.3) is 5.54 Å². The van der Waals surface area contributed by atoms with E-state index in [1.165, 1.54) is 6.92 Å². The average molecular weight is 303 g/mol. The van der Waals surface area contributed by atoms with Crippen LogP contribution in [0.4, 0.5) is 0 Å². The first-order chi connectivity index (χ1) is 9.58. The molecule has 0 radical (unpaired) electrons. The minimum absolute atomic E-state index is 0.0422. The van der Waals surface area contributed by atoms with Crippen molar-refractivity contribution in [2.45, 2.75) is 44.9 Å². The van der Waals surface area contributed by atoms with Gasteiger partial charge in [-0.05, 0) is 27.7 Å². The Morgan fingerprint density at radius 2 is 1.57 bits per heavy atom. The normalized spacial score (nSPS) is 21.1. The van der Waals surface area contributed by atoms with Gasteiger partial charge in [-0.2, -0.15) is 5.06 Å². The minimum Gasteiger partial charge on any atom is -0.467 e. The largest absolute Gasteiger partial charge is 0.467 e. The number of carbonyl (C=O) groups excluding carboxylic acids is 3. The molecule has 21 heavy (non-hydrogen) atoms. The Morgan fingerprint density at radius 1 is 1.10 bits per heavy atom. The molecule has 0 aromatic rings. The Labute approximate surface area is 123 Å². The van der Waals surface area contributed by atoms with Gasteiger partial charge in [-0.15, -0.1) is 0 Å². The fourth-order valence-corrected chi connectivity index (χ4v) is 1.67. The molecule has 0 aromatic carbocycles. The van der Waals surface area contributed by atoms with E-state index < -0.39 is 35.2 Å². The molecule has 1 aliphatic rings. The lowest BCUT2D eigenvalue weighted by Crippen LogP contribution is -2.42. The molecule has 0 spiro atoms. The maximum absolute atomic E-state index is 11.8. The highest BCUT2D eigenvalue weighted by molar-refractivity contribution is 6.08. The van der Waals surface area contributed by atoms with Crippen molar-refractivity contribution < 1.29 is 33.4 Å². The Kier molecular flexibility index (Phi) is 4.95. The van der Waals surface area contributed by atoms with E-state index in [1.54, 1.807) is 20.8 Å². The summed E-state index contributed by atoms with van der Waals surface area (Å²) in [7, 11) is 2.31. The van der Waals surface area contributed by atoms with E-state index in [0.717, 1.165) is 19.3 Å². The second-order valence-electron chi connectivity index (χ2n) is 5.66. The summed E-state index contributed by atoms with van der Waals surface area (Å²) in [6, 6.07) is 0. The molecule has 1 rings (SSSR count). The van der Waals surface area contributed by atoms with Crippen LogP contribution in [0.1, 0.15) is 27.7 Å². The van der Waals surface area contributed by atoms with Crippen LogP contribution >= 0.6 is 0 Å². The van der Waals surface area contributed by atoms with Crippen molar-refractivity contribution in [3.63, 3.8) is 0 Å². The molecule has 8 nitrogen and oxygen atoms in total. The van der Waals surface area contributed by atoms with Crippen LogP contribution in [0.2, 0.25) is 0 Å². The van der Waals surface area contributed by atoms with Gasteiger partial charge in [0, 0.05) is 0 Å². The zero-order valence-corrected chi connectivity index (χ0v) is 13.1. The van der Waals surface area contributed by atoms with Crippen LogP contribution in [0.3, 0.4) is 0 Å². The summed E-state index contributed by atoms with van der Waals surface area (Å²) in [5, 5.41) is 1.05. The lowest BCUT2D eigenvalue weighted by Gasteiger charge is -2.22. The predicted molar refractivity (Wildman–Crippen MR) is 69.9 cm³/mol. The number of esters is 3. The van der Waals surface area contributed by atoms with E-state index in [4.69, 9.17) is 9.57 Å². The molecule has 1 unspecified atom stereocenters. The highest BCUT2D eigenvalue weighted by Crippen LogP contribution is 2.36. The monoisotopic (exact) mass is 303 g/mol. The zero-order valence-electron chi connectivity index (χ0n) is 13.1. The summed E-state index contributed by atoms with van der Waals surface area (Å²) in [4.78, 5) is 40.5. The lowest BCUT2D eigenvalue weighted by atomic mass is 10.1. The van der Waals surface area contributed by atoms with Crippen LogP contribution in [0, 0.1) is 0 Å². The molecule has 0 N–H and O–H groups in total. The number of hydrogen-bond donors (Lipinski definition) is 0. The first-order valence-electron chi connectivity index (χ1n) is 6.42. The van der Waals surface area contributed by atoms with Crippen molar-refractivity contribution in [3.8, 4) is 0 Å². The molecule has 0 bridgehead atoms. The number of carbonyl (C=O) groups is 3. The molecule has 1 saturated heterocycles. The van der Waals surface area contributed by atoms with E-state index in [9.17, 15) is 14.4 Å². The van der Waals surface area contributed by atoms with Gasteiger partial charge >= 0.3 is 17.9 Å². The summed E-state index contributed by atoms with van der Waals surface area (Å²) in [6.07, 6.45) is -0.972. The quantitative estimate of drug-likeness (QED) is 0.304.